The Balaban J connectivity index is 0.00000220. The first-order valence-electron chi connectivity index (χ1n) is 8.02. The minimum atomic E-state index is -0.525. The molecule has 0 amide bonds. The summed E-state index contributed by atoms with van der Waals surface area (Å²) in [7, 11) is 0. The Morgan fingerprint density at radius 2 is 1.68 bits per heavy atom. The van der Waals surface area contributed by atoms with Crippen LogP contribution in [0.25, 0.3) is 0 Å². The van der Waals surface area contributed by atoms with Crippen molar-refractivity contribution in [1.29, 1.82) is 0 Å². The molecule has 2 aliphatic carbocycles. The van der Waals surface area contributed by atoms with Crippen molar-refractivity contribution in [2.24, 2.45) is 5.92 Å². The number of allylic oxidation sites excluding steroid dienone is 8. The molecule has 0 aliphatic heterocycles. The van der Waals surface area contributed by atoms with Gasteiger partial charge in [-0.25, -0.2) is 0 Å². The van der Waals surface area contributed by atoms with Gasteiger partial charge in [-0.15, -0.1) is 24.8 Å². The fourth-order valence-corrected chi connectivity index (χ4v) is 7.38. The molecule has 22 heavy (non-hydrogen) atoms. The summed E-state index contributed by atoms with van der Waals surface area (Å²) in [5, 5.41) is 0. The summed E-state index contributed by atoms with van der Waals surface area (Å²) in [6.45, 7) is 11.7. The monoisotopic (exact) mass is 417 g/mol. The maximum atomic E-state index is 2.39. The van der Waals surface area contributed by atoms with Crippen molar-refractivity contribution in [3.63, 3.8) is 0 Å². The number of halogens is 2. The van der Waals surface area contributed by atoms with Crippen LogP contribution in [0.1, 0.15) is 60.3 Å². The maximum Gasteiger partial charge on any atom is -0.147 e. The van der Waals surface area contributed by atoms with Gasteiger partial charge in [0.1, 0.15) is 0 Å². The number of hydrogen-bond donors (Lipinski definition) is 0. The van der Waals surface area contributed by atoms with E-state index in [4.69, 9.17) is 0 Å². The van der Waals surface area contributed by atoms with E-state index in [1.807, 2.05) is 3.28 Å². The molecule has 0 aromatic rings. The van der Waals surface area contributed by atoms with E-state index < -0.39 is 22.8 Å². The Labute approximate surface area is 160 Å². The average Bonchev–Trinajstić information content (AvgIpc) is 3.02. The van der Waals surface area contributed by atoms with Gasteiger partial charge in [0, 0.05) is 0 Å². The summed E-state index contributed by atoms with van der Waals surface area (Å²) in [6.07, 6.45) is 11.8. The van der Waals surface area contributed by atoms with Gasteiger partial charge in [0.05, 0.1) is 0 Å². The standard InChI is InChI=1S/C16H21.C3H6.2ClH.Zr/c1-4-12-11-16(13-9-7-8-10-13)15(6-3)14(12)5-2;1-3-2;;;/h7-9,16H,4-6,10H2,1-3H3;1-2H3;2*1H;. The van der Waals surface area contributed by atoms with Crippen molar-refractivity contribution in [3.05, 3.63) is 43.8 Å². The van der Waals surface area contributed by atoms with Crippen molar-refractivity contribution in [2.75, 3.05) is 0 Å². The van der Waals surface area contributed by atoms with E-state index in [2.05, 4.69) is 52.8 Å². The van der Waals surface area contributed by atoms with Crippen LogP contribution in [0.4, 0.5) is 0 Å². The first kappa shape index (κ1) is 22.3. The molecule has 0 bridgehead atoms. The quantitative estimate of drug-likeness (QED) is 0.482. The average molecular weight is 420 g/mol. The van der Waals surface area contributed by atoms with Gasteiger partial charge in [0.15, 0.2) is 0 Å². The summed E-state index contributed by atoms with van der Waals surface area (Å²) in [6, 6.07) is 0. The summed E-state index contributed by atoms with van der Waals surface area (Å²) >= 11 is -0.525. The van der Waals surface area contributed by atoms with E-state index in [0.29, 0.717) is 5.92 Å². The molecule has 0 spiro atoms. The van der Waals surface area contributed by atoms with Crippen LogP contribution in [0.5, 0.6) is 0 Å². The van der Waals surface area contributed by atoms with Crippen LogP contribution < -0.4 is 0 Å². The van der Waals surface area contributed by atoms with E-state index >= 15 is 0 Å². The van der Waals surface area contributed by atoms with E-state index in [-0.39, 0.29) is 24.8 Å². The molecule has 0 saturated carbocycles. The molecular formula is C19H29Cl2Zr. The van der Waals surface area contributed by atoms with Crippen LogP contribution in [-0.2, 0) is 22.8 Å². The van der Waals surface area contributed by atoms with Crippen molar-refractivity contribution >= 4 is 28.0 Å². The predicted molar refractivity (Wildman–Crippen MR) is 101 cm³/mol. The van der Waals surface area contributed by atoms with E-state index in [1.165, 1.54) is 25.7 Å². The molecule has 0 saturated heterocycles. The van der Waals surface area contributed by atoms with Crippen molar-refractivity contribution in [3.8, 4) is 0 Å². The Morgan fingerprint density at radius 1 is 1.05 bits per heavy atom. The third kappa shape index (κ3) is 4.43. The fourth-order valence-electron chi connectivity index (χ4n) is 3.64. The second-order valence-electron chi connectivity index (χ2n) is 5.89. The van der Waals surface area contributed by atoms with Gasteiger partial charge < -0.3 is 0 Å². The summed E-state index contributed by atoms with van der Waals surface area (Å²) < 4.78 is 3.58. The van der Waals surface area contributed by atoms with Gasteiger partial charge in [-0.1, -0.05) is 0 Å². The number of hydrogen-bond acceptors (Lipinski definition) is 0. The zero-order valence-corrected chi connectivity index (χ0v) is 18.5. The molecule has 123 valence electrons. The van der Waals surface area contributed by atoms with E-state index in [9.17, 15) is 0 Å². The van der Waals surface area contributed by atoms with Gasteiger partial charge >= 0.3 is 136 Å². The Morgan fingerprint density at radius 3 is 2.09 bits per heavy atom. The SMILES string of the molecule is CCC1=C(CC)C(C2=CC=CC2)[C]([Zr]=[C](C)C)=C1CC.Cl.Cl. The molecule has 0 fully saturated rings. The van der Waals surface area contributed by atoms with Crippen LogP contribution in [0.15, 0.2) is 43.8 Å². The topological polar surface area (TPSA) is 0 Å². The van der Waals surface area contributed by atoms with Crippen LogP contribution in [0, 0.1) is 5.92 Å². The van der Waals surface area contributed by atoms with E-state index in [0.717, 1.165) is 0 Å². The molecule has 0 radical (unpaired) electrons. The molecule has 0 aromatic carbocycles. The first-order valence-corrected chi connectivity index (χ1v) is 10.5. The largest absolute Gasteiger partial charge is 0.147 e. The Kier molecular flexibility index (Phi) is 10.4. The molecule has 0 aromatic heterocycles. The smallest absolute Gasteiger partial charge is 0.147 e. The van der Waals surface area contributed by atoms with Crippen LogP contribution in [0.3, 0.4) is 0 Å². The second-order valence-corrected chi connectivity index (χ2v) is 10.3. The van der Waals surface area contributed by atoms with Gasteiger partial charge in [-0.2, -0.15) is 0 Å². The minimum Gasteiger partial charge on any atom is -0.147 e. The van der Waals surface area contributed by atoms with Crippen LogP contribution >= 0.6 is 24.8 Å². The molecule has 2 rings (SSSR count). The molecule has 0 N–H and O–H groups in total. The summed E-state index contributed by atoms with van der Waals surface area (Å²) in [5.41, 5.74) is 6.87. The molecule has 0 heterocycles. The number of rotatable bonds is 5. The van der Waals surface area contributed by atoms with Crippen molar-refractivity contribution in [2.45, 2.75) is 60.3 Å². The zero-order chi connectivity index (χ0) is 14.7. The Hall–Kier alpha value is 0.293. The molecule has 1 unspecified atom stereocenters. The summed E-state index contributed by atoms with van der Waals surface area (Å²) in [4.78, 5) is 0. The van der Waals surface area contributed by atoms with Crippen molar-refractivity contribution in [1.82, 2.24) is 0 Å². The molecule has 0 nitrogen and oxygen atoms in total. The third-order valence-electron chi connectivity index (χ3n) is 4.36. The van der Waals surface area contributed by atoms with Crippen molar-refractivity contribution < 1.29 is 22.8 Å². The normalized spacial score (nSPS) is 19.7. The molecule has 2 aliphatic rings. The van der Waals surface area contributed by atoms with Gasteiger partial charge in [-0.05, 0) is 0 Å². The Bertz CT molecular complexity index is 544. The molecular weight excluding hydrogens is 390 g/mol. The molecule has 3 heteroatoms. The third-order valence-corrected chi connectivity index (χ3v) is 7.70. The molecule has 1 atom stereocenters. The predicted octanol–water partition coefficient (Wildman–Crippen LogP) is 6.42. The van der Waals surface area contributed by atoms with Crippen LogP contribution in [-0.4, -0.2) is 3.21 Å². The van der Waals surface area contributed by atoms with Gasteiger partial charge in [0.2, 0.25) is 0 Å². The zero-order valence-electron chi connectivity index (χ0n) is 14.5. The van der Waals surface area contributed by atoms with E-state index in [1.54, 1.807) is 25.5 Å². The van der Waals surface area contributed by atoms with Crippen LogP contribution in [0.2, 0.25) is 0 Å². The second kappa shape index (κ2) is 10.2. The van der Waals surface area contributed by atoms with Gasteiger partial charge in [0.25, 0.3) is 0 Å². The minimum absolute atomic E-state index is 0. The summed E-state index contributed by atoms with van der Waals surface area (Å²) in [5.74, 6) is 0.682. The maximum absolute atomic E-state index is 2.39. The fraction of sp³-hybridized carbons (Fsp3) is 0.526. The first-order chi connectivity index (χ1) is 9.63. The van der Waals surface area contributed by atoms with Gasteiger partial charge in [-0.3, -0.25) is 0 Å².